The van der Waals surface area contributed by atoms with Crippen LogP contribution < -0.4 is 10.1 Å². The highest BCUT2D eigenvalue weighted by Gasteiger charge is 2.37. The van der Waals surface area contributed by atoms with E-state index in [1.54, 1.807) is 0 Å². The minimum absolute atomic E-state index is 0.180. The summed E-state index contributed by atoms with van der Waals surface area (Å²) < 4.78 is 12.3. The molecule has 0 saturated carbocycles. The zero-order valence-electron chi connectivity index (χ0n) is 13.4. The number of benzene rings is 1. The molecule has 1 N–H and O–H groups in total. The molecular weight excluding hydrogens is 262 g/mol. The summed E-state index contributed by atoms with van der Waals surface area (Å²) in [6.07, 6.45) is 5.24. The van der Waals surface area contributed by atoms with Gasteiger partial charge in [0.1, 0.15) is 11.9 Å². The van der Waals surface area contributed by atoms with E-state index in [4.69, 9.17) is 9.47 Å². The lowest BCUT2D eigenvalue weighted by atomic mass is 9.92. The molecule has 116 valence electrons. The second-order valence-corrected chi connectivity index (χ2v) is 6.50. The minimum Gasteiger partial charge on any atom is -0.487 e. The molecule has 0 bridgehead atoms. The molecule has 0 spiro atoms. The number of hydrogen-bond acceptors (Lipinski definition) is 3. The van der Waals surface area contributed by atoms with Crippen molar-refractivity contribution in [2.75, 3.05) is 6.54 Å². The molecule has 0 radical (unpaired) electrons. The van der Waals surface area contributed by atoms with Crippen molar-refractivity contribution < 1.29 is 9.47 Å². The Hall–Kier alpha value is -1.06. The Morgan fingerprint density at radius 1 is 1.24 bits per heavy atom. The monoisotopic (exact) mass is 289 g/mol. The van der Waals surface area contributed by atoms with E-state index < -0.39 is 0 Å². The van der Waals surface area contributed by atoms with Crippen molar-refractivity contribution >= 4 is 0 Å². The van der Waals surface area contributed by atoms with Crippen LogP contribution in [0.4, 0.5) is 0 Å². The molecular formula is C18H27NO2. The van der Waals surface area contributed by atoms with Gasteiger partial charge in [-0.25, -0.2) is 0 Å². The van der Waals surface area contributed by atoms with Gasteiger partial charge in [-0.05, 0) is 45.7 Å². The maximum absolute atomic E-state index is 6.26. The fourth-order valence-corrected chi connectivity index (χ4v) is 3.46. The maximum atomic E-state index is 6.26. The van der Waals surface area contributed by atoms with Crippen molar-refractivity contribution in [3.05, 3.63) is 29.3 Å². The standard InChI is InChI=1S/C18H27NO2/c1-4-9-19-15-11-18(17-8-6-13(3)20-17)21-16-7-5-12(2)10-14(15)16/h5,7,10,13,15,17-19H,4,6,8-9,11H2,1-3H3. The molecule has 3 nitrogen and oxygen atoms in total. The third-order valence-electron chi connectivity index (χ3n) is 4.61. The molecule has 2 aliphatic rings. The lowest BCUT2D eigenvalue weighted by Crippen LogP contribution is -2.40. The lowest BCUT2D eigenvalue weighted by molar-refractivity contribution is -0.0300. The first-order valence-corrected chi connectivity index (χ1v) is 8.33. The van der Waals surface area contributed by atoms with Gasteiger partial charge in [0.2, 0.25) is 0 Å². The topological polar surface area (TPSA) is 30.5 Å². The second kappa shape index (κ2) is 6.37. The van der Waals surface area contributed by atoms with Crippen LogP contribution in [0.1, 0.15) is 56.7 Å². The summed E-state index contributed by atoms with van der Waals surface area (Å²) >= 11 is 0. The Bertz CT molecular complexity index is 488. The molecule has 3 heteroatoms. The molecule has 1 saturated heterocycles. The number of ether oxygens (including phenoxy) is 2. The van der Waals surface area contributed by atoms with Crippen LogP contribution in [-0.2, 0) is 4.74 Å². The lowest BCUT2D eigenvalue weighted by Gasteiger charge is -2.35. The van der Waals surface area contributed by atoms with E-state index in [1.165, 1.54) is 11.1 Å². The van der Waals surface area contributed by atoms with Gasteiger partial charge in [-0.1, -0.05) is 24.6 Å². The van der Waals surface area contributed by atoms with Crippen molar-refractivity contribution in [3.8, 4) is 5.75 Å². The maximum Gasteiger partial charge on any atom is 0.127 e. The van der Waals surface area contributed by atoms with Gasteiger partial charge in [0.05, 0.1) is 12.2 Å². The Morgan fingerprint density at radius 2 is 2.10 bits per heavy atom. The van der Waals surface area contributed by atoms with Crippen molar-refractivity contribution in [2.45, 2.75) is 70.8 Å². The van der Waals surface area contributed by atoms with Crippen LogP contribution in [0.15, 0.2) is 18.2 Å². The molecule has 3 rings (SSSR count). The third kappa shape index (κ3) is 3.24. The van der Waals surface area contributed by atoms with E-state index in [9.17, 15) is 0 Å². The summed E-state index contributed by atoms with van der Waals surface area (Å²) in [5, 5.41) is 3.68. The Balaban J connectivity index is 1.80. The van der Waals surface area contributed by atoms with Crippen LogP contribution in [0.25, 0.3) is 0 Å². The van der Waals surface area contributed by atoms with Crippen molar-refractivity contribution in [1.82, 2.24) is 5.32 Å². The van der Waals surface area contributed by atoms with Crippen molar-refractivity contribution in [2.24, 2.45) is 0 Å². The Morgan fingerprint density at radius 3 is 2.81 bits per heavy atom. The molecule has 4 atom stereocenters. The highest BCUT2D eigenvalue weighted by molar-refractivity contribution is 5.41. The van der Waals surface area contributed by atoms with Crippen LogP contribution in [0.2, 0.25) is 0 Å². The molecule has 2 aliphatic heterocycles. The molecule has 0 amide bonds. The molecule has 4 unspecified atom stereocenters. The zero-order valence-corrected chi connectivity index (χ0v) is 13.4. The molecule has 1 fully saturated rings. The fraction of sp³-hybridized carbons (Fsp3) is 0.667. The quantitative estimate of drug-likeness (QED) is 0.915. The van der Waals surface area contributed by atoms with E-state index in [0.717, 1.165) is 38.0 Å². The van der Waals surface area contributed by atoms with Crippen LogP contribution in [-0.4, -0.2) is 24.9 Å². The summed E-state index contributed by atoms with van der Waals surface area (Å²) in [6, 6.07) is 6.90. The normalized spacial score (nSPS) is 31.8. The first-order chi connectivity index (χ1) is 10.2. The van der Waals surface area contributed by atoms with Crippen LogP contribution in [0, 0.1) is 6.92 Å². The zero-order chi connectivity index (χ0) is 14.8. The van der Waals surface area contributed by atoms with E-state index in [1.807, 2.05) is 0 Å². The van der Waals surface area contributed by atoms with Gasteiger partial charge >= 0.3 is 0 Å². The average molecular weight is 289 g/mol. The SMILES string of the molecule is CCCNC1CC(C2CCC(C)O2)Oc2ccc(C)cc21. The van der Waals surface area contributed by atoms with Crippen LogP contribution in [0.5, 0.6) is 5.75 Å². The Labute approximate surface area is 128 Å². The van der Waals surface area contributed by atoms with Crippen molar-refractivity contribution in [1.29, 1.82) is 0 Å². The number of fused-ring (bicyclic) bond motifs is 1. The molecule has 1 aromatic rings. The number of rotatable bonds is 4. The van der Waals surface area contributed by atoms with Gasteiger partial charge in [0.15, 0.2) is 0 Å². The van der Waals surface area contributed by atoms with Crippen LogP contribution >= 0.6 is 0 Å². The summed E-state index contributed by atoms with van der Waals surface area (Å²) in [5.74, 6) is 1.04. The molecule has 1 aromatic carbocycles. The van der Waals surface area contributed by atoms with Gasteiger partial charge in [0, 0.05) is 18.0 Å². The first kappa shape index (κ1) is 14.9. The van der Waals surface area contributed by atoms with Gasteiger partial charge in [-0.3, -0.25) is 0 Å². The summed E-state index contributed by atoms with van der Waals surface area (Å²) in [5.41, 5.74) is 2.61. The molecule has 2 heterocycles. The second-order valence-electron chi connectivity index (χ2n) is 6.50. The molecule has 0 aromatic heterocycles. The van der Waals surface area contributed by atoms with Gasteiger partial charge < -0.3 is 14.8 Å². The molecule has 0 aliphatic carbocycles. The number of aryl methyl sites for hydroxylation is 1. The predicted molar refractivity (Wildman–Crippen MR) is 84.8 cm³/mol. The minimum atomic E-state index is 0.180. The van der Waals surface area contributed by atoms with E-state index in [2.05, 4.69) is 44.3 Å². The smallest absolute Gasteiger partial charge is 0.127 e. The third-order valence-corrected chi connectivity index (χ3v) is 4.61. The van der Waals surface area contributed by atoms with Crippen LogP contribution in [0.3, 0.4) is 0 Å². The average Bonchev–Trinajstić information content (AvgIpc) is 2.91. The van der Waals surface area contributed by atoms with Crippen molar-refractivity contribution in [3.63, 3.8) is 0 Å². The van der Waals surface area contributed by atoms with Gasteiger partial charge in [0.25, 0.3) is 0 Å². The van der Waals surface area contributed by atoms with E-state index in [0.29, 0.717) is 12.1 Å². The summed E-state index contributed by atoms with van der Waals surface area (Å²) in [7, 11) is 0. The van der Waals surface area contributed by atoms with E-state index >= 15 is 0 Å². The highest BCUT2D eigenvalue weighted by atomic mass is 16.6. The van der Waals surface area contributed by atoms with Gasteiger partial charge in [-0.2, -0.15) is 0 Å². The van der Waals surface area contributed by atoms with E-state index in [-0.39, 0.29) is 12.2 Å². The number of hydrogen-bond donors (Lipinski definition) is 1. The predicted octanol–water partition coefficient (Wildman–Crippen LogP) is 3.75. The number of nitrogens with one attached hydrogen (secondary N) is 1. The Kier molecular flexibility index (Phi) is 4.51. The highest BCUT2D eigenvalue weighted by Crippen LogP contribution is 2.39. The molecule has 21 heavy (non-hydrogen) atoms. The largest absolute Gasteiger partial charge is 0.487 e. The first-order valence-electron chi connectivity index (χ1n) is 8.33. The fourth-order valence-electron chi connectivity index (χ4n) is 3.46. The summed E-state index contributed by atoms with van der Waals surface area (Å²) in [4.78, 5) is 0. The van der Waals surface area contributed by atoms with Gasteiger partial charge in [-0.15, -0.1) is 0 Å². The summed E-state index contributed by atoms with van der Waals surface area (Å²) in [6.45, 7) is 7.56.